The monoisotopic (exact) mass is 441 g/mol. The fourth-order valence-electron chi connectivity index (χ4n) is 2.63. The van der Waals surface area contributed by atoms with Gasteiger partial charge in [-0.1, -0.05) is 23.7 Å². The van der Waals surface area contributed by atoms with Crippen molar-refractivity contribution in [1.29, 1.82) is 0 Å². The van der Waals surface area contributed by atoms with Crippen LogP contribution in [-0.2, 0) is 11.4 Å². The highest BCUT2D eigenvalue weighted by molar-refractivity contribution is 6.30. The Morgan fingerprint density at radius 3 is 2.61 bits per heavy atom. The van der Waals surface area contributed by atoms with Gasteiger partial charge in [0.2, 0.25) is 5.91 Å². The van der Waals surface area contributed by atoms with Crippen LogP contribution in [0.15, 0.2) is 70.2 Å². The van der Waals surface area contributed by atoms with Gasteiger partial charge in [0.1, 0.15) is 12.4 Å². The minimum atomic E-state index is -0.170. The lowest BCUT2D eigenvalue weighted by atomic mass is 10.2. The van der Waals surface area contributed by atoms with Crippen molar-refractivity contribution in [2.75, 3.05) is 19.0 Å². The smallest absolute Gasteiger partial charge is 0.285 e. The lowest BCUT2D eigenvalue weighted by Crippen LogP contribution is -2.18. The van der Waals surface area contributed by atoms with Crippen LogP contribution >= 0.6 is 11.6 Å². The van der Waals surface area contributed by atoms with Gasteiger partial charge in [-0.15, -0.1) is 0 Å². The molecule has 3 aromatic rings. The molecule has 2 aromatic carbocycles. The lowest BCUT2D eigenvalue weighted by Gasteiger charge is -2.05. The van der Waals surface area contributed by atoms with Crippen molar-refractivity contribution in [2.24, 2.45) is 5.10 Å². The summed E-state index contributed by atoms with van der Waals surface area (Å²) >= 11 is 5.85. The van der Waals surface area contributed by atoms with Gasteiger partial charge in [-0.05, 0) is 54.4 Å². The molecule has 0 fully saturated rings. The molecule has 0 spiro atoms. The van der Waals surface area contributed by atoms with Crippen LogP contribution in [0.5, 0.6) is 11.7 Å². The number of carbonyl (C=O) groups excluding carboxylic acids is 1. The molecule has 8 heteroatoms. The van der Waals surface area contributed by atoms with Crippen LogP contribution in [0.4, 0.5) is 5.69 Å². The average Bonchev–Trinajstić information content (AvgIpc) is 3.24. The Labute approximate surface area is 186 Å². The second-order valence-corrected chi connectivity index (χ2v) is 7.06. The van der Waals surface area contributed by atoms with Gasteiger partial charge in [-0.25, -0.2) is 5.43 Å². The Morgan fingerprint density at radius 2 is 1.87 bits per heavy atom. The first-order valence-electron chi connectivity index (χ1n) is 9.79. The van der Waals surface area contributed by atoms with E-state index in [-0.39, 0.29) is 5.91 Å². The molecule has 0 saturated carbocycles. The molecule has 31 heavy (non-hydrogen) atoms. The van der Waals surface area contributed by atoms with Crippen molar-refractivity contribution < 1.29 is 18.7 Å². The second kappa shape index (κ2) is 11.7. The average molecular weight is 442 g/mol. The van der Waals surface area contributed by atoms with Gasteiger partial charge in [-0.2, -0.15) is 5.10 Å². The number of rotatable bonds is 11. The molecule has 1 aromatic heterocycles. The number of hydrogen-bond acceptors (Lipinski definition) is 6. The summed E-state index contributed by atoms with van der Waals surface area (Å²) in [5.74, 6) is 1.48. The maximum Gasteiger partial charge on any atom is 0.285 e. The maximum atomic E-state index is 11.9. The molecular weight excluding hydrogens is 418 g/mol. The summed E-state index contributed by atoms with van der Waals surface area (Å²) in [6, 6.07) is 18.4. The summed E-state index contributed by atoms with van der Waals surface area (Å²) in [4.78, 5) is 11.9. The Bertz CT molecular complexity index is 985. The molecule has 0 radical (unpaired) electrons. The van der Waals surface area contributed by atoms with E-state index in [0.29, 0.717) is 42.7 Å². The van der Waals surface area contributed by atoms with Crippen molar-refractivity contribution in [3.63, 3.8) is 0 Å². The third-order valence-corrected chi connectivity index (χ3v) is 4.53. The number of ether oxygens (including phenoxy) is 2. The van der Waals surface area contributed by atoms with E-state index < -0.39 is 0 Å². The van der Waals surface area contributed by atoms with Crippen molar-refractivity contribution in [3.05, 3.63) is 77.0 Å². The summed E-state index contributed by atoms with van der Waals surface area (Å²) in [5, 5.41) is 7.84. The second-order valence-electron chi connectivity index (χ2n) is 6.62. The Balaban J connectivity index is 1.33. The molecular formula is C23H24ClN3O4. The molecule has 1 amide bonds. The van der Waals surface area contributed by atoms with E-state index in [2.05, 4.69) is 15.8 Å². The van der Waals surface area contributed by atoms with Gasteiger partial charge in [0, 0.05) is 29.7 Å². The zero-order chi connectivity index (χ0) is 21.9. The molecule has 1 heterocycles. The van der Waals surface area contributed by atoms with Crippen molar-refractivity contribution in [3.8, 4) is 11.7 Å². The number of halogens is 1. The first-order valence-corrected chi connectivity index (χ1v) is 10.2. The Kier molecular flexibility index (Phi) is 8.37. The van der Waals surface area contributed by atoms with Gasteiger partial charge >= 0.3 is 0 Å². The summed E-state index contributed by atoms with van der Waals surface area (Å²) in [7, 11) is 1.63. The molecule has 7 nitrogen and oxygen atoms in total. The predicted molar refractivity (Wildman–Crippen MR) is 121 cm³/mol. The highest BCUT2D eigenvalue weighted by atomic mass is 35.5. The van der Waals surface area contributed by atoms with E-state index in [9.17, 15) is 4.79 Å². The summed E-state index contributed by atoms with van der Waals surface area (Å²) in [5.41, 5.74) is 4.44. The number of hydrazone groups is 1. The number of methoxy groups -OCH3 is 1. The number of amides is 1. The van der Waals surface area contributed by atoms with E-state index in [0.717, 1.165) is 17.0 Å². The standard InChI is InChI=1S/C23H24ClN3O4/c1-29-20-10-4-17(5-11-20)16-30-23-13-12-21(31-23)15-26-27-22(28)3-2-14-25-19-8-6-18(24)7-9-19/h4-13,15,25H,2-3,14,16H2,1H3,(H,27,28)/b26-15+. The first-order chi connectivity index (χ1) is 15.1. The Morgan fingerprint density at radius 1 is 1.10 bits per heavy atom. The fraction of sp³-hybridized carbons (Fsp3) is 0.217. The van der Waals surface area contributed by atoms with Gasteiger partial charge < -0.3 is 19.2 Å². The zero-order valence-electron chi connectivity index (χ0n) is 17.1. The van der Waals surface area contributed by atoms with Crippen LogP contribution < -0.4 is 20.2 Å². The molecule has 0 aliphatic carbocycles. The summed E-state index contributed by atoms with van der Waals surface area (Å²) in [6.07, 6.45) is 2.46. The van der Waals surface area contributed by atoms with Gasteiger partial charge in [0.25, 0.3) is 5.95 Å². The number of anilines is 1. The minimum absolute atomic E-state index is 0.170. The number of nitrogens with zero attached hydrogens (tertiary/aromatic N) is 1. The normalized spacial score (nSPS) is 10.8. The van der Waals surface area contributed by atoms with E-state index in [1.165, 1.54) is 6.21 Å². The summed E-state index contributed by atoms with van der Waals surface area (Å²) in [6.45, 7) is 1.04. The molecule has 3 rings (SSSR count). The largest absolute Gasteiger partial charge is 0.497 e. The Hall–Kier alpha value is -3.45. The van der Waals surface area contributed by atoms with Crippen molar-refractivity contribution in [2.45, 2.75) is 19.4 Å². The van der Waals surface area contributed by atoms with E-state index in [4.69, 9.17) is 25.5 Å². The number of carbonyl (C=O) groups is 1. The van der Waals surface area contributed by atoms with Gasteiger partial charge in [-0.3, -0.25) is 4.79 Å². The number of benzene rings is 2. The number of nitrogens with one attached hydrogen (secondary N) is 2. The zero-order valence-corrected chi connectivity index (χ0v) is 17.9. The molecule has 0 saturated heterocycles. The van der Waals surface area contributed by atoms with Crippen LogP contribution in [-0.4, -0.2) is 25.8 Å². The predicted octanol–water partition coefficient (Wildman–Crippen LogP) is 4.86. The molecule has 0 aliphatic rings. The maximum absolute atomic E-state index is 11.9. The molecule has 162 valence electrons. The third kappa shape index (κ3) is 7.71. The van der Waals surface area contributed by atoms with Crippen molar-refractivity contribution >= 4 is 29.4 Å². The minimum Gasteiger partial charge on any atom is -0.497 e. The third-order valence-electron chi connectivity index (χ3n) is 4.28. The van der Waals surface area contributed by atoms with Crippen LogP contribution in [0.25, 0.3) is 0 Å². The quantitative estimate of drug-likeness (QED) is 0.252. The van der Waals surface area contributed by atoms with Crippen LogP contribution in [0.3, 0.4) is 0 Å². The SMILES string of the molecule is COc1ccc(COc2ccc(/C=N/NC(=O)CCCNc3ccc(Cl)cc3)o2)cc1. The number of hydrogen-bond donors (Lipinski definition) is 2. The van der Waals surface area contributed by atoms with Crippen molar-refractivity contribution in [1.82, 2.24) is 5.43 Å². The van der Waals surface area contributed by atoms with E-state index in [1.807, 2.05) is 48.5 Å². The fourth-order valence-corrected chi connectivity index (χ4v) is 2.76. The lowest BCUT2D eigenvalue weighted by molar-refractivity contribution is -0.121. The highest BCUT2D eigenvalue weighted by Crippen LogP contribution is 2.18. The van der Waals surface area contributed by atoms with Crippen LogP contribution in [0.1, 0.15) is 24.2 Å². The van der Waals surface area contributed by atoms with Crippen LogP contribution in [0.2, 0.25) is 5.02 Å². The molecule has 2 N–H and O–H groups in total. The van der Waals surface area contributed by atoms with Gasteiger partial charge in [0.05, 0.1) is 13.3 Å². The topological polar surface area (TPSA) is 85.1 Å². The highest BCUT2D eigenvalue weighted by Gasteiger charge is 2.03. The first kappa shape index (κ1) is 22.2. The summed E-state index contributed by atoms with van der Waals surface area (Å²) < 4.78 is 16.3. The number of furan rings is 1. The van der Waals surface area contributed by atoms with Gasteiger partial charge in [0.15, 0.2) is 5.76 Å². The van der Waals surface area contributed by atoms with Crippen LogP contribution in [0, 0.1) is 0 Å². The molecule has 0 atom stereocenters. The van der Waals surface area contributed by atoms with E-state index in [1.54, 1.807) is 19.2 Å². The van der Waals surface area contributed by atoms with E-state index >= 15 is 0 Å². The molecule has 0 aliphatic heterocycles. The molecule has 0 bridgehead atoms. The molecule has 0 unspecified atom stereocenters.